The summed E-state index contributed by atoms with van der Waals surface area (Å²) in [4.78, 5) is 26.6. The van der Waals surface area contributed by atoms with Gasteiger partial charge in [-0.05, 0) is 66.8 Å². The maximum absolute atomic E-state index is 13.3. The molecular formula is C26H25ClN2O3. The molecule has 1 aliphatic heterocycles. The minimum absolute atomic E-state index is 0.139. The molecule has 3 aromatic rings. The molecule has 0 spiro atoms. The van der Waals surface area contributed by atoms with Crippen LogP contribution in [0, 0.1) is 0 Å². The zero-order valence-electron chi connectivity index (χ0n) is 17.8. The third-order valence-electron chi connectivity index (χ3n) is 5.85. The Labute approximate surface area is 192 Å². The summed E-state index contributed by atoms with van der Waals surface area (Å²) in [7, 11) is 0. The van der Waals surface area contributed by atoms with Crippen LogP contribution in [0.5, 0.6) is 0 Å². The van der Waals surface area contributed by atoms with Crippen molar-refractivity contribution < 1.29 is 14.7 Å². The van der Waals surface area contributed by atoms with E-state index in [2.05, 4.69) is 16.3 Å². The van der Waals surface area contributed by atoms with Gasteiger partial charge in [-0.15, -0.1) is 0 Å². The van der Waals surface area contributed by atoms with E-state index in [1.54, 1.807) is 24.3 Å². The van der Waals surface area contributed by atoms with Gasteiger partial charge in [0.1, 0.15) is 0 Å². The third kappa shape index (κ3) is 4.78. The molecule has 0 radical (unpaired) electrons. The Hall–Kier alpha value is -3.31. The van der Waals surface area contributed by atoms with Gasteiger partial charge < -0.3 is 15.3 Å². The molecule has 2 N–H and O–H groups in total. The summed E-state index contributed by atoms with van der Waals surface area (Å²) < 4.78 is 0. The van der Waals surface area contributed by atoms with E-state index < -0.39 is 5.97 Å². The van der Waals surface area contributed by atoms with E-state index in [-0.39, 0.29) is 17.5 Å². The lowest BCUT2D eigenvalue weighted by Crippen LogP contribution is -2.33. The van der Waals surface area contributed by atoms with Gasteiger partial charge in [0.15, 0.2) is 0 Å². The number of amides is 1. The molecule has 4 rings (SSSR count). The Morgan fingerprint density at radius 3 is 2.47 bits per heavy atom. The molecule has 3 aromatic carbocycles. The fraction of sp³-hybridized carbons (Fsp3) is 0.231. The molecule has 164 valence electrons. The molecule has 1 heterocycles. The van der Waals surface area contributed by atoms with Crippen molar-refractivity contribution in [2.45, 2.75) is 32.4 Å². The number of anilines is 1. The van der Waals surface area contributed by atoms with E-state index in [4.69, 9.17) is 16.7 Å². The summed E-state index contributed by atoms with van der Waals surface area (Å²) >= 11 is 6.03. The smallest absolute Gasteiger partial charge is 0.335 e. The van der Waals surface area contributed by atoms with Crippen molar-refractivity contribution in [3.63, 3.8) is 0 Å². The lowest BCUT2D eigenvalue weighted by molar-refractivity contribution is 0.0696. The molecule has 0 unspecified atom stereocenters. The number of carbonyl (C=O) groups excluding carboxylic acids is 1. The first-order valence-electron chi connectivity index (χ1n) is 10.7. The summed E-state index contributed by atoms with van der Waals surface area (Å²) in [6, 6.07) is 20.0. The Morgan fingerprint density at radius 2 is 1.78 bits per heavy atom. The van der Waals surface area contributed by atoms with E-state index in [9.17, 15) is 9.59 Å². The quantitative estimate of drug-likeness (QED) is 0.523. The number of hydrogen-bond acceptors (Lipinski definition) is 3. The van der Waals surface area contributed by atoms with Crippen molar-refractivity contribution in [1.82, 2.24) is 5.32 Å². The molecule has 0 saturated carbocycles. The normalized spacial score (nSPS) is 13.9. The van der Waals surface area contributed by atoms with Gasteiger partial charge in [0.2, 0.25) is 0 Å². The molecule has 0 aliphatic carbocycles. The van der Waals surface area contributed by atoms with Gasteiger partial charge in [0.25, 0.3) is 5.91 Å². The van der Waals surface area contributed by atoms with Crippen LogP contribution >= 0.6 is 11.6 Å². The first-order valence-corrected chi connectivity index (χ1v) is 11.1. The van der Waals surface area contributed by atoms with Gasteiger partial charge in [0, 0.05) is 18.1 Å². The number of carbonyl (C=O) groups is 2. The first-order chi connectivity index (χ1) is 15.4. The largest absolute Gasteiger partial charge is 0.478 e. The van der Waals surface area contributed by atoms with Gasteiger partial charge in [-0.3, -0.25) is 4.79 Å². The van der Waals surface area contributed by atoms with Gasteiger partial charge in [-0.1, -0.05) is 48.0 Å². The maximum Gasteiger partial charge on any atom is 0.335 e. The third-order valence-corrected chi connectivity index (χ3v) is 6.10. The number of nitrogens with zero attached hydrogens (tertiary/aromatic N) is 1. The second-order valence-corrected chi connectivity index (χ2v) is 8.52. The fourth-order valence-corrected chi connectivity index (χ4v) is 4.29. The molecule has 6 heteroatoms. The SMILES string of the molecule is C[C@H](NC(=O)c1cccc2c1N(Cc1ccc(Cl)cc1)CCC2)c1ccc(C(=O)O)cc1. The molecule has 1 amide bonds. The van der Waals surface area contributed by atoms with Crippen LogP contribution in [0.3, 0.4) is 0 Å². The topological polar surface area (TPSA) is 69.6 Å². The summed E-state index contributed by atoms with van der Waals surface area (Å²) in [6.45, 7) is 3.49. The zero-order chi connectivity index (χ0) is 22.7. The van der Waals surface area contributed by atoms with Crippen LogP contribution in [0.4, 0.5) is 5.69 Å². The van der Waals surface area contributed by atoms with Gasteiger partial charge >= 0.3 is 5.97 Å². The number of aryl methyl sites for hydroxylation is 1. The number of benzene rings is 3. The second-order valence-electron chi connectivity index (χ2n) is 8.09. The van der Waals surface area contributed by atoms with Crippen LogP contribution in [0.1, 0.15) is 56.8 Å². The Kier molecular flexibility index (Phi) is 6.47. The molecule has 0 saturated heterocycles. The number of nitrogens with one attached hydrogen (secondary N) is 1. The van der Waals surface area contributed by atoms with Crippen molar-refractivity contribution >= 4 is 29.2 Å². The Bertz CT molecular complexity index is 1130. The highest BCUT2D eigenvalue weighted by atomic mass is 35.5. The van der Waals surface area contributed by atoms with E-state index in [1.807, 2.05) is 43.3 Å². The molecular weight excluding hydrogens is 424 g/mol. The van der Waals surface area contributed by atoms with Crippen molar-refractivity contribution in [1.29, 1.82) is 0 Å². The molecule has 32 heavy (non-hydrogen) atoms. The Morgan fingerprint density at radius 1 is 1.06 bits per heavy atom. The minimum atomic E-state index is -0.968. The standard InChI is InChI=1S/C26H25ClN2O3/c1-17(19-9-11-21(12-10-19)26(31)32)28-25(30)23-6-2-4-20-5-3-15-29(24(20)23)16-18-7-13-22(27)14-8-18/h2,4,6-14,17H,3,5,15-16H2,1H3,(H,28,30)(H,31,32)/t17-/m0/s1. The highest BCUT2D eigenvalue weighted by molar-refractivity contribution is 6.30. The van der Waals surface area contributed by atoms with Crippen LogP contribution in [0.25, 0.3) is 0 Å². The molecule has 5 nitrogen and oxygen atoms in total. The van der Waals surface area contributed by atoms with Crippen molar-refractivity contribution in [2.75, 3.05) is 11.4 Å². The summed E-state index contributed by atoms with van der Waals surface area (Å²) in [6.07, 6.45) is 1.98. The molecule has 0 bridgehead atoms. The van der Waals surface area contributed by atoms with Crippen molar-refractivity contribution in [3.05, 3.63) is 99.6 Å². The van der Waals surface area contributed by atoms with Crippen LogP contribution in [0.15, 0.2) is 66.7 Å². The van der Waals surface area contributed by atoms with Crippen LogP contribution in [0.2, 0.25) is 5.02 Å². The summed E-state index contributed by atoms with van der Waals surface area (Å²) in [5.41, 5.74) is 5.04. The predicted molar refractivity (Wildman–Crippen MR) is 127 cm³/mol. The molecule has 1 atom stereocenters. The fourth-order valence-electron chi connectivity index (χ4n) is 4.16. The lowest BCUT2D eigenvalue weighted by Gasteiger charge is -2.33. The van der Waals surface area contributed by atoms with E-state index in [1.165, 1.54) is 5.56 Å². The highest BCUT2D eigenvalue weighted by Gasteiger charge is 2.24. The maximum atomic E-state index is 13.3. The monoisotopic (exact) mass is 448 g/mol. The van der Waals surface area contributed by atoms with Crippen molar-refractivity contribution in [2.24, 2.45) is 0 Å². The van der Waals surface area contributed by atoms with E-state index in [0.29, 0.717) is 17.1 Å². The van der Waals surface area contributed by atoms with Gasteiger partial charge in [-0.2, -0.15) is 0 Å². The average molecular weight is 449 g/mol. The average Bonchev–Trinajstić information content (AvgIpc) is 2.80. The minimum Gasteiger partial charge on any atom is -0.478 e. The number of fused-ring (bicyclic) bond motifs is 1. The van der Waals surface area contributed by atoms with E-state index in [0.717, 1.165) is 36.2 Å². The van der Waals surface area contributed by atoms with Gasteiger partial charge in [-0.25, -0.2) is 4.79 Å². The first kappa shape index (κ1) is 21.9. The van der Waals surface area contributed by atoms with Crippen LogP contribution in [-0.2, 0) is 13.0 Å². The summed E-state index contributed by atoms with van der Waals surface area (Å²) in [5, 5.41) is 12.9. The molecule has 1 aliphatic rings. The molecule has 0 aromatic heterocycles. The number of carboxylic acid groups (broad SMARTS) is 1. The number of para-hydroxylation sites is 1. The number of halogens is 1. The zero-order valence-corrected chi connectivity index (χ0v) is 18.6. The van der Waals surface area contributed by atoms with Crippen LogP contribution in [-0.4, -0.2) is 23.5 Å². The number of carboxylic acids is 1. The van der Waals surface area contributed by atoms with E-state index >= 15 is 0 Å². The Balaban J connectivity index is 1.56. The van der Waals surface area contributed by atoms with Gasteiger partial charge in [0.05, 0.1) is 22.9 Å². The predicted octanol–water partition coefficient (Wildman–Crippen LogP) is 5.48. The second kappa shape index (κ2) is 9.45. The number of rotatable bonds is 6. The number of aromatic carboxylic acids is 1. The lowest BCUT2D eigenvalue weighted by atomic mass is 9.96. The van der Waals surface area contributed by atoms with Crippen LogP contribution < -0.4 is 10.2 Å². The number of hydrogen-bond donors (Lipinski definition) is 2. The molecule has 0 fully saturated rings. The van der Waals surface area contributed by atoms with Crippen molar-refractivity contribution in [3.8, 4) is 0 Å². The highest BCUT2D eigenvalue weighted by Crippen LogP contribution is 2.33. The summed E-state index contributed by atoms with van der Waals surface area (Å²) in [5.74, 6) is -1.11.